The Kier molecular flexibility index (Phi) is 5.80. The number of halogens is 2. The summed E-state index contributed by atoms with van der Waals surface area (Å²) in [6, 6.07) is 5.67. The van der Waals surface area contributed by atoms with Crippen LogP contribution in [0, 0.1) is 0 Å². The van der Waals surface area contributed by atoms with Gasteiger partial charge in [-0.25, -0.2) is 0 Å². The van der Waals surface area contributed by atoms with E-state index in [4.69, 9.17) is 11.6 Å². The molecule has 0 aromatic heterocycles. The van der Waals surface area contributed by atoms with Gasteiger partial charge in [0.2, 0.25) is 5.91 Å². The SMILES string of the molecule is CNC(=O)CCNCc1ccc(Cl)cc1Br. The molecule has 0 radical (unpaired) electrons. The lowest BCUT2D eigenvalue weighted by molar-refractivity contribution is -0.120. The maximum atomic E-state index is 11.0. The normalized spacial score (nSPS) is 10.2. The first-order valence-electron chi connectivity index (χ1n) is 4.98. The monoisotopic (exact) mass is 304 g/mol. The molecule has 0 aliphatic rings. The van der Waals surface area contributed by atoms with Crippen LogP contribution in [0.1, 0.15) is 12.0 Å². The highest BCUT2D eigenvalue weighted by Crippen LogP contribution is 2.21. The second-order valence-electron chi connectivity index (χ2n) is 3.34. The first-order chi connectivity index (χ1) is 7.63. The molecule has 0 spiro atoms. The van der Waals surface area contributed by atoms with Gasteiger partial charge in [-0.15, -0.1) is 0 Å². The Morgan fingerprint density at radius 2 is 2.25 bits per heavy atom. The Morgan fingerprint density at radius 1 is 1.50 bits per heavy atom. The van der Waals surface area contributed by atoms with Gasteiger partial charge in [0.1, 0.15) is 0 Å². The number of carbonyl (C=O) groups is 1. The molecule has 0 aliphatic carbocycles. The highest BCUT2D eigenvalue weighted by atomic mass is 79.9. The van der Waals surface area contributed by atoms with Crippen LogP contribution in [-0.4, -0.2) is 19.5 Å². The molecule has 0 saturated heterocycles. The smallest absolute Gasteiger partial charge is 0.221 e. The quantitative estimate of drug-likeness (QED) is 0.820. The summed E-state index contributed by atoms with van der Waals surface area (Å²) in [4.78, 5) is 11.0. The summed E-state index contributed by atoms with van der Waals surface area (Å²) in [5.74, 6) is 0.0441. The summed E-state index contributed by atoms with van der Waals surface area (Å²) in [7, 11) is 1.64. The molecule has 88 valence electrons. The number of benzene rings is 1. The third-order valence-electron chi connectivity index (χ3n) is 2.14. The maximum Gasteiger partial charge on any atom is 0.221 e. The van der Waals surface area contributed by atoms with Crippen LogP contribution in [0.3, 0.4) is 0 Å². The third-order valence-corrected chi connectivity index (χ3v) is 3.11. The highest BCUT2D eigenvalue weighted by molar-refractivity contribution is 9.10. The second-order valence-corrected chi connectivity index (χ2v) is 4.63. The van der Waals surface area contributed by atoms with E-state index in [2.05, 4.69) is 26.6 Å². The van der Waals surface area contributed by atoms with Gasteiger partial charge in [0, 0.05) is 36.1 Å². The van der Waals surface area contributed by atoms with Crippen molar-refractivity contribution in [2.75, 3.05) is 13.6 Å². The van der Waals surface area contributed by atoms with E-state index in [1.165, 1.54) is 0 Å². The summed E-state index contributed by atoms with van der Waals surface area (Å²) in [6.45, 7) is 1.38. The molecule has 1 aromatic carbocycles. The van der Waals surface area contributed by atoms with Crippen molar-refractivity contribution < 1.29 is 4.79 Å². The summed E-state index contributed by atoms with van der Waals surface area (Å²) >= 11 is 9.27. The fraction of sp³-hybridized carbons (Fsp3) is 0.364. The van der Waals surface area contributed by atoms with Crippen molar-refractivity contribution in [3.8, 4) is 0 Å². The lowest BCUT2D eigenvalue weighted by Gasteiger charge is -2.06. The lowest BCUT2D eigenvalue weighted by atomic mass is 10.2. The van der Waals surface area contributed by atoms with E-state index in [1.54, 1.807) is 7.05 Å². The molecule has 1 rings (SSSR count). The molecule has 0 bridgehead atoms. The molecule has 1 aromatic rings. The Labute approximate surface area is 109 Å². The number of hydrogen-bond acceptors (Lipinski definition) is 2. The fourth-order valence-corrected chi connectivity index (χ4v) is 2.04. The van der Waals surface area contributed by atoms with Crippen LogP contribution in [0.25, 0.3) is 0 Å². The van der Waals surface area contributed by atoms with E-state index < -0.39 is 0 Å². The molecule has 5 heteroatoms. The number of rotatable bonds is 5. The summed E-state index contributed by atoms with van der Waals surface area (Å²) in [6.07, 6.45) is 0.488. The largest absolute Gasteiger partial charge is 0.359 e. The lowest BCUT2D eigenvalue weighted by Crippen LogP contribution is -2.24. The summed E-state index contributed by atoms with van der Waals surface area (Å²) < 4.78 is 0.979. The maximum absolute atomic E-state index is 11.0. The minimum atomic E-state index is 0.0441. The molecule has 0 saturated carbocycles. The van der Waals surface area contributed by atoms with Gasteiger partial charge in [0.15, 0.2) is 0 Å². The van der Waals surface area contributed by atoms with Crippen LogP contribution in [0.15, 0.2) is 22.7 Å². The molecule has 3 nitrogen and oxygen atoms in total. The summed E-state index contributed by atoms with van der Waals surface area (Å²) in [5, 5.41) is 6.48. The average Bonchev–Trinajstić information content (AvgIpc) is 2.26. The molecule has 0 unspecified atom stereocenters. The molecule has 0 aliphatic heterocycles. The third kappa shape index (κ3) is 4.51. The zero-order valence-electron chi connectivity index (χ0n) is 9.02. The predicted molar refractivity (Wildman–Crippen MR) is 69.5 cm³/mol. The van der Waals surface area contributed by atoms with Crippen LogP contribution < -0.4 is 10.6 Å². The molecule has 16 heavy (non-hydrogen) atoms. The van der Waals surface area contributed by atoms with Crippen molar-refractivity contribution in [3.63, 3.8) is 0 Å². The zero-order chi connectivity index (χ0) is 12.0. The Bertz CT molecular complexity index is 371. The Hall–Kier alpha value is -0.580. The predicted octanol–water partition coefficient (Wildman–Crippen LogP) is 2.33. The van der Waals surface area contributed by atoms with Crippen LogP contribution in [-0.2, 0) is 11.3 Å². The topological polar surface area (TPSA) is 41.1 Å². The minimum Gasteiger partial charge on any atom is -0.359 e. The molecule has 1 amide bonds. The van der Waals surface area contributed by atoms with Crippen molar-refractivity contribution in [2.24, 2.45) is 0 Å². The van der Waals surface area contributed by atoms with Crippen LogP contribution in [0.2, 0.25) is 5.02 Å². The number of nitrogens with one attached hydrogen (secondary N) is 2. The van der Waals surface area contributed by atoms with Gasteiger partial charge < -0.3 is 10.6 Å². The fourth-order valence-electron chi connectivity index (χ4n) is 1.22. The summed E-state index contributed by atoms with van der Waals surface area (Å²) in [5.41, 5.74) is 1.13. The second kappa shape index (κ2) is 6.89. The van der Waals surface area contributed by atoms with Gasteiger partial charge >= 0.3 is 0 Å². The van der Waals surface area contributed by atoms with Gasteiger partial charge in [0.05, 0.1) is 0 Å². The number of hydrogen-bond donors (Lipinski definition) is 2. The first-order valence-corrected chi connectivity index (χ1v) is 6.16. The van der Waals surface area contributed by atoms with Gasteiger partial charge in [-0.05, 0) is 17.7 Å². The standard InChI is InChI=1S/C11H14BrClN2O/c1-14-11(16)4-5-15-7-8-2-3-9(13)6-10(8)12/h2-3,6,15H,4-5,7H2,1H3,(H,14,16). The Balaban J connectivity index is 2.35. The van der Waals surface area contributed by atoms with Crippen molar-refractivity contribution in [1.82, 2.24) is 10.6 Å². The highest BCUT2D eigenvalue weighted by Gasteiger charge is 2.01. The van der Waals surface area contributed by atoms with Crippen molar-refractivity contribution in [3.05, 3.63) is 33.3 Å². The molecular weight excluding hydrogens is 291 g/mol. The van der Waals surface area contributed by atoms with E-state index >= 15 is 0 Å². The van der Waals surface area contributed by atoms with Crippen LogP contribution in [0.4, 0.5) is 0 Å². The van der Waals surface area contributed by atoms with E-state index in [0.717, 1.165) is 16.6 Å². The van der Waals surface area contributed by atoms with E-state index in [-0.39, 0.29) is 5.91 Å². The van der Waals surface area contributed by atoms with Crippen molar-refractivity contribution in [1.29, 1.82) is 0 Å². The van der Waals surface area contributed by atoms with Crippen LogP contribution in [0.5, 0.6) is 0 Å². The molecule has 2 N–H and O–H groups in total. The van der Waals surface area contributed by atoms with Gasteiger partial charge in [0.25, 0.3) is 0 Å². The average molecular weight is 306 g/mol. The van der Waals surface area contributed by atoms with E-state index in [0.29, 0.717) is 18.0 Å². The molecule has 0 atom stereocenters. The van der Waals surface area contributed by atoms with E-state index in [9.17, 15) is 4.79 Å². The zero-order valence-corrected chi connectivity index (χ0v) is 11.4. The van der Waals surface area contributed by atoms with Gasteiger partial charge in [-0.2, -0.15) is 0 Å². The van der Waals surface area contributed by atoms with Gasteiger partial charge in [-0.3, -0.25) is 4.79 Å². The molecule has 0 fully saturated rings. The van der Waals surface area contributed by atoms with E-state index in [1.807, 2.05) is 18.2 Å². The van der Waals surface area contributed by atoms with Crippen LogP contribution >= 0.6 is 27.5 Å². The first kappa shape index (κ1) is 13.5. The number of carbonyl (C=O) groups excluding carboxylic acids is 1. The minimum absolute atomic E-state index is 0.0441. The molecule has 0 heterocycles. The number of amides is 1. The van der Waals surface area contributed by atoms with Crippen molar-refractivity contribution in [2.45, 2.75) is 13.0 Å². The van der Waals surface area contributed by atoms with Crippen molar-refractivity contribution >= 4 is 33.4 Å². The van der Waals surface area contributed by atoms with Gasteiger partial charge in [-0.1, -0.05) is 33.6 Å². The molecular formula is C11H14BrClN2O. The Morgan fingerprint density at radius 3 is 2.88 bits per heavy atom.